The molecule has 3 aromatic rings. The predicted octanol–water partition coefficient (Wildman–Crippen LogP) is 3.30. The molecule has 1 aromatic heterocycles. The topological polar surface area (TPSA) is 56.0 Å². The highest BCUT2D eigenvalue weighted by Crippen LogP contribution is 2.28. The van der Waals surface area contributed by atoms with Crippen LogP contribution >= 0.6 is 11.3 Å². The van der Waals surface area contributed by atoms with Crippen LogP contribution in [0.3, 0.4) is 0 Å². The first-order valence-corrected chi connectivity index (χ1v) is 7.18. The maximum Gasteiger partial charge on any atom is 0.224 e. The van der Waals surface area contributed by atoms with Gasteiger partial charge in [0.25, 0.3) is 0 Å². The van der Waals surface area contributed by atoms with Crippen molar-refractivity contribution in [3.05, 3.63) is 53.0 Å². The molecule has 20 heavy (non-hydrogen) atoms. The molecule has 0 atom stereocenters. The van der Waals surface area contributed by atoms with Crippen LogP contribution in [0.4, 0.5) is 0 Å². The van der Waals surface area contributed by atoms with Crippen LogP contribution < -0.4 is 5.73 Å². The van der Waals surface area contributed by atoms with Crippen molar-refractivity contribution in [1.29, 1.82) is 0 Å². The molecule has 4 heteroatoms. The number of nitrogens with zero attached hydrogens (tertiary/aromatic N) is 1. The van der Waals surface area contributed by atoms with E-state index in [0.29, 0.717) is 0 Å². The van der Waals surface area contributed by atoms with Gasteiger partial charge in [-0.2, -0.15) is 0 Å². The fourth-order valence-electron chi connectivity index (χ4n) is 2.20. The van der Waals surface area contributed by atoms with E-state index in [-0.39, 0.29) is 12.3 Å². The molecule has 0 saturated carbocycles. The molecule has 0 aliphatic rings. The number of hydrogen-bond acceptors (Lipinski definition) is 3. The largest absolute Gasteiger partial charge is 0.369 e. The molecule has 0 saturated heterocycles. The molecular formula is C16H14N2OS. The average molecular weight is 282 g/mol. The molecule has 3 rings (SSSR count). The standard InChI is InChI=1S/C16H14N2OS/c1-10-3-2-4-11(7-10)12-5-6-13-14(8-12)20-16(18-13)9-15(17)19/h2-8H,9H2,1H3,(H2,17,19). The summed E-state index contributed by atoms with van der Waals surface area (Å²) in [5, 5.41) is 0.772. The number of amides is 1. The molecule has 2 aromatic carbocycles. The van der Waals surface area contributed by atoms with E-state index in [1.54, 1.807) is 0 Å². The molecular weight excluding hydrogens is 268 g/mol. The number of nitrogens with two attached hydrogens (primary N) is 1. The Labute approximate surface area is 121 Å². The highest BCUT2D eigenvalue weighted by Gasteiger charge is 2.08. The molecule has 0 aliphatic carbocycles. The van der Waals surface area contributed by atoms with Gasteiger partial charge in [-0.1, -0.05) is 35.9 Å². The summed E-state index contributed by atoms with van der Waals surface area (Å²) < 4.78 is 1.08. The first-order chi connectivity index (χ1) is 9.61. The molecule has 0 bridgehead atoms. The predicted molar refractivity (Wildman–Crippen MR) is 82.7 cm³/mol. The van der Waals surface area contributed by atoms with Gasteiger partial charge in [0.05, 0.1) is 16.6 Å². The van der Waals surface area contributed by atoms with Gasteiger partial charge in [0.15, 0.2) is 0 Å². The normalized spacial score (nSPS) is 10.8. The SMILES string of the molecule is Cc1cccc(-c2ccc3nc(CC(N)=O)sc3c2)c1. The Hall–Kier alpha value is -2.20. The number of hydrogen-bond donors (Lipinski definition) is 1. The quantitative estimate of drug-likeness (QED) is 0.801. The molecule has 3 nitrogen and oxygen atoms in total. The van der Waals surface area contributed by atoms with Crippen molar-refractivity contribution in [3.63, 3.8) is 0 Å². The molecule has 0 radical (unpaired) electrons. The number of benzene rings is 2. The zero-order valence-corrected chi connectivity index (χ0v) is 11.9. The summed E-state index contributed by atoms with van der Waals surface area (Å²) in [6, 6.07) is 14.6. The lowest BCUT2D eigenvalue weighted by atomic mass is 10.0. The van der Waals surface area contributed by atoms with E-state index in [0.717, 1.165) is 20.8 Å². The van der Waals surface area contributed by atoms with Gasteiger partial charge in [0.2, 0.25) is 5.91 Å². The lowest BCUT2D eigenvalue weighted by molar-refractivity contribution is -0.117. The molecule has 0 spiro atoms. The minimum atomic E-state index is -0.344. The second-order valence-electron chi connectivity index (χ2n) is 4.80. The number of carbonyl (C=O) groups is 1. The third-order valence-corrected chi connectivity index (χ3v) is 4.13. The molecule has 1 heterocycles. The summed E-state index contributed by atoms with van der Waals surface area (Å²) in [4.78, 5) is 15.4. The Morgan fingerprint density at radius 2 is 2.00 bits per heavy atom. The van der Waals surface area contributed by atoms with E-state index in [4.69, 9.17) is 5.73 Å². The number of aryl methyl sites for hydroxylation is 1. The Morgan fingerprint density at radius 3 is 2.75 bits per heavy atom. The zero-order chi connectivity index (χ0) is 14.1. The van der Waals surface area contributed by atoms with Gasteiger partial charge in [-0.05, 0) is 30.2 Å². The van der Waals surface area contributed by atoms with E-state index in [1.165, 1.54) is 22.5 Å². The highest BCUT2D eigenvalue weighted by molar-refractivity contribution is 7.18. The molecule has 0 aliphatic heterocycles. The zero-order valence-electron chi connectivity index (χ0n) is 11.1. The highest BCUT2D eigenvalue weighted by atomic mass is 32.1. The van der Waals surface area contributed by atoms with Crippen LogP contribution in [0, 0.1) is 6.92 Å². The van der Waals surface area contributed by atoms with E-state index in [2.05, 4.69) is 48.3 Å². The summed E-state index contributed by atoms with van der Waals surface area (Å²) in [5.41, 5.74) is 9.72. The van der Waals surface area contributed by atoms with Crippen molar-refractivity contribution >= 4 is 27.5 Å². The van der Waals surface area contributed by atoms with E-state index < -0.39 is 0 Å². The van der Waals surface area contributed by atoms with Crippen LogP contribution in [0.1, 0.15) is 10.6 Å². The summed E-state index contributed by atoms with van der Waals surface area (Å²) >= 11 is 1.53. The van der Waals surface area contributed by atoms with Crippen molar-refractivity contribution in [2.24, 2.45) is 5.73 Å². The number of rotatable bonds is 3. The van der Waals surface area contributed by atoms with Crippen LogP contribution in [0.15, 0.2) is 42.5 Å². The monoisotopic (exact) mass is 282 g/mol. The van der Waals surface area contributed by atoms with Crippen molar-refractivity contribution in [3.8, 4) is 11.1 Å². The number of carbonyl (C=O) groups excluding carboxylic acids is 1. The van der Waals surface area contributed by atoms with Crippen LogP contribution in [0.25, 0.3) is 21.3 Å². The number of fused-ring (bicyclic) bond motifs is 1. The van der Waals surface area contributed by atoms with E-state index >= 15 is 0 Å². The summed E-state index contributed by atoms with van der Waals surface area (Å²) in [6.07, 6.45) is 0.207. The van der Waals surface area contributed by atoms with Crippen LogP contribution in [-0.4, -0.2) is 10.9 Å². The van der Waals surface area contributed by atoms with Crippen molar-refractivity contribution in [1.82, 2.24) is 4.98 Å². The maximum atomic E-state index is 11.0. The summed E-state index contributed by atoms with van der Waals surface area (Å²) in [6.45, 7) is 2.08. The molecule has 2 N–H and O–H groups in total. The first-order valence-electron chi connectivity index (χ1n) is 6.36. The summed E-state index contributed by atoms with van der Waals surface area (Å²) in [5.74, 6) is -0.344. The minimum Gasteiger partial charge on any atom is -0.369 e. The average Bonchev–Trinajstić information content (AvgIpc) is 2.78. The smallest absolute Gasteiger partial charge is 0.224 e. The lowest BCUT2D eigenvalue weighted by Crippen LogP contribution is -2.13. The molecule has 0 unspecified atom stereocenters. The van der Waals surface area contributed by atoms with Crippen molar-refractivity contribution < 1.29 is 4.79 Å². The van der Waals surface area contributed by atoms with Gasteiger partial charge in [-0.15, -0.1) is 11.3 Å². The van der Waals surface area contributed by atoms with Crippen molar-refractivity contribution in [2.75, 3.05) is 0 Å². The fourth-order valence-corrected chi connectivity index (χ4v) is 3.22. The Kier molecular flexibility index (Phi) is 3.24. The fraction of sp³-hybridized carbons (Fsp3) is 0.125. The van der Waals surface area contributed by atoms with Crippen LogP contribution in [0.2, 0.25) is 0 Å². The number of aromatic nitrogens is 1. The summed E-state index contributed by atoms with van der Waals surface area (Å²) in [7, 11) is 0. The van der Waals surface area contributed by atoms with Crippen LogP contribution in [-0.2, 0) is 11.2 Å². The van der Waals surface area contributed by atoms with Gasteiger partial charge in [0, 0.05) is 0 Å². The number of primary amides is 1. The third-order valence-electron chi connectivity index (χ3n) is 3.11. The Balaban J connectivity index is 2.04. The first kappa shape index (κ1) is 12.8. The molecule has 1 amide bonds. The van der Waals surface area contributed by atoms with Gasteiger partial charge >= 0.3 is 0 Å². The Bertz CT molecular complexity index is 792. The second kappa shape index (κ2) is 5.06. The number of thiazole rings is 1. The minimum absolute atomic E-state index is 0.207. The van der Waals surface area contributed by atoms with Gasteiger partial charge in [-0.25, -0.2) is 4.98 Å². The third kappa shape index (κ3) is 2.56. The lowest BCUT2D eigenvalue weighted by Gasteiger charge is -2.02. The van der Waals surface area contributed by atoms with Crippen LogP contribution in [0.5, 0.6) is 0 Å². The Morgan fingerprint density at radius 1 is 1.20 bits per heavy atom. The van der Waals surface area contributed by atoms with Gasteiger partial charge in [-0.3, -0.25) is 4.79 Å². The second-order valence-corrected chi connectivity index (χ2v) is 5.92. The molecule has 100 valence electrons. The van der Waals surface area contributed by atoms with Gasteiger partial charge in [0.1, 0.15) is 5.01 Å². The van der Waals surface area contributed by atoms with E-state index in [9.17, 15) is 4.79 Å². The van der Waals surface area contributed by atoms with Gasteiger partial charge < -0.3 is 5.73 Å². The van der Waals surface area contributed by atoms with E-state index in [1.807, 2.05) is 6.07 Å². The maximum absolute atomic E-state index is 11.0. The van der Waals surface area contributed by atoms with Crippen molar-refractivity contribution in [2.45, 2.75) is 13.3 Å². The molecule has 0 fully saturated rings.